The van der Waals surface area contributed by atoms with E-state index in [1.165, 1.54) is 25.9 Å². The van der Waals surface area contributed by atoms with Crippen molar-refractivity contribution in [2.45, 2.75) is 75.6 Å². The fourth-order valence-corrected chi connectivity index (χ4v) is 7.42. The van der Waals surface area contributed by atoms with Gasteiger partial charge in [-0.25, -0.2) is 0 Å². The number of nitrogens with zero attached hydrogens (tertiary/aromatic N) is 4. The number of hydrogen-bond donors (Lipinski definition) is 0. The van der Waals surface area contributed by atoms with E-state index in [-0.39, 0.29) is 24.1 Å². The van der Waals surface area contributed by atoms with Crippen LogP contribution in [0.3, 0.4) is 0 Å². The number of likely N-dealkylation sites (tertiary alicyclic amines) is 2. The zero-order valence-corrected chi connectivity index (χ0v) is 24.7. The molecule has 4 heterocycles. The Hall–Kier alpha value is -3.03. The highest BCUT2D eigenvalue weighted by Crippen LogP contribution is 2.38. The van der Waals surface area contributed by atoms with Crippen molar-refractivity contribution in [3.05, 3.63) is 64.2 Å². The van der Waals surface area contributed by atoms with Crippen LogP contribution in [0.4, 0.5) is 0 Å². The lowest BCUT2D eigenvalue weighted by Gasteiger charge is -2.40. The van der Waals surface area contributed by atoms with Gasteiger partial charge in [0.1, 0.15) is 17.9 Å². The molecule has 0 radical (unpaired) electrons. The smallest absolute Gasteiger partial charge is 0.254 e. The van der Waals surface area contributed by atoms with E-state index >= 15 is 0 Å². The van der Waals surface area contributed by atoms with E-state index < -0.39 is 0 Å². The number of ether oxygens (including phenoxy) is 1. The SMILES string of the molecule is CN1CCC(N2CCC(C#Cc3ccc(C(=O)N4[C@@H]5CC[C@H]4CC(Oc4ccc(C#N)c(Cl)c4)C5)cc3)CC2)CC1. The van der Waals surface area contributed by atoms with Gasteiger partial charge in [0.15, 0.2) is 0 Å². The Bertz CT molecular complexity index is 1330. The van der Waals surface area contributed by atoms with Gasteiger partial charge in [0.05, 0.1) is 10.6 Å². The lowest BCUT2D eigenvalue weighted by Crippen LogP contribution is -2.49. The van der Waals surface area contributed by atoms with Crippen molar-refractivity contribution in [2.75, 3.05) is 33.2 Å². The molecule has 0 aliphatic carbocycles. The van der Waals surface area contributed by atoms with Crippen molar-refractivity contribution in [2.24, 2.45) is 5.92 Å². The van der Waals surface area contributed by atoms with Crippen LogP contribution >= 0.6 is 11.6 Å². The number of carbonyl (C=O) groups is 1. The van der Waals surface area contributed by atoms with Crippen LogP contribution in [0.1, 0.15) is 72.9 Å². The highest BCUT2D eigenvalue weighted by atomic mass is 35.5. The summed E-state index contributed by atoms with van der Waals surface area (Å²) in [4.78, 5) is 20.7. The Balaban J connectivity index is 1.01. The number of benzene rings is 2. The van der Waals surface area contributed by atoms with Crippen LogP contribution in [-0.2, 0) is 0 Å². The predicted molar refractivity (Wildman–Crippen MR) is 161 cm³/mol. The van der Waals surface area contributed by atoms with E-state index in [1.54, 1.807) is 18.2 Å². The third-order valence-electron chi connectivity index (χ3n) is 9.57. The van der Waals surface area contributed by atoms with Gasteiger partial charge >= 0.3 is 0 Å². The summed E-state index contributed by atoms with van der Waals surface area (Å²) in [5, 5.41) is 9.51. The molecule has 4 aliphatic heterocycles. The summed E-state index contributed by atoms with van der Waals surface area (Å²) in [6.07, 6.45) is 8.54. The van der Waals surface area contributed by atoms with Gasteiger partial charge in [-0.3, -0.25) is 4.79 Å². The topological polar surface area (TPSA) is 59.8 Å². The van der Waals surface area contributed by atoms with E-state index in [0.717, 1.165) is 68.8 Å². The number of rotatable bonds is 4. The average Bonchev–Trinajstić information content (AvgIpc) is 3.26. The van der Waals surface area contributed by atoms with Gasteiger partial charge in [0.25, 0.3) is 5.91 Å². The number of carbonyl (C=O) groups excluding carboxylic acids is 1. The minimum absolute atomic E-state index is 0.0365. The molecule has 214 valence electrons. The second-order valence-corrected chi connectivity index (χ2v) is 12.7. The maximum Gasteiger partial charge on any atom is 0.254 e. The van der Waals surface area contributed by atoms with E-state index in [2.05, 4.69) is 39.7 Å². The molecular formula is C34H39ClN4O2. The van der Waals surface area contributed by atoms with Crippen molar-refractivity contribution in [1.82, 2.24) is 14.7 Å². The second kappa shape index (κ2) is 12.5. The van der Waals surface area contributed by atoms with Gasteiger partial charge in [-0.2, -0.15) is 5.26 Å². The number of piperidine rings is 3. The summed E-state index contributed by atoms with van der Waals surface area (Å²) in [7, 11) is 2.22. The molecular weight excluding hydrogens is 532 g/mol. The molecule has 6 nitrogen and oxygen atoms in total. The van der Waals surface area contributed by atoms with Gasteiger partial charge in [0, 0.05) is 54.1 Å². The van der Waals surface area contributed by atoms with Crippen LogP contribution in [0.25, 0.3) is 0 Å². The normalized spacial score (nSPS) is 25.8. The monoisotopic (exact) mass is 570 g/mol. The Morgan fingerprint density at radius 2 is 1.59 bits per heavy atom. The number of halogens is 1. The van der Waals surface area contributed by atoms with E-state index in [4.69, 9.17) is 21.6 Å². The number of hydrogen-bond acceptors (Lipinski definition) is 5. The summed E-state index contributed by atoms with van der Waals surface area (Å²) < 4.78 is 6.23. The third-order valence-corrected chi connectivity index (χ3v) is 9.89. The highest BCUT2D eigenvalue weighted by Gasteiger charge is 2.44. The molecule has 2 aromatic rings. The van der Waals surface area contributed by atoms with Crippen LogP contribution in [0.15, 0.2) is 42.5 Å². The van der Waals surface area contributed by atoms with E-state index in [0.29, 0.717) is 22.3 Å². The van der Waals surface area contributed by atoms with Gasteiger partial charge < -0.3 is 19.4 Å². The van der Waals surface area contributed by atoms with Crippen LogP contribution < -0.4 is 4.74 Å². The van der Waals surface area contributed by atoms with Crippen molar-refractivity contribution >= 4 is 17.5 Å². The molecule has 0 saturated carbocycles. The lowest BCUT2D eigenvalue weighted by atomic mass is 9.93. The summed E-state index contributed by atoms with van der Waals surface area (Å²) in [5.74, 6) is 8.15. The lowest BCUT2D eigenvalue weighted by molar-refractivity contribution is 0.0359. The standard InChI is InChI=1S/C34H39ClN4O2/c1-37-16-14-28(15-17-37)38-18-12-25(13-19-38)3-2-24-4-6-26(7-5-24)34(40)39-29-9-10-30(39)21-32(20-29)41-31-11-8-27(23-36)33(35)22-31/h4-8,11,22,25,28-30,32H,9-10,12-21H2,1H3/t29-,30+,32?. The first-order chi connectivity index (χ1) is 20.0. The summed E-state index contributed by atoms with van der Waals surface area (Å²) in [5.41, 5.74) is 2.16. The van der Waals surface area contributed by atoms with Gasteiger partial charge in [-0.15, -0.1) is 0 Å². The molecule has 4 aliphatic rings. The first kappa shape index (κ1) is 28.1. The van der Waals surface area contributed by atoms with Gasteiger partial charge in [-0.05, 0) is 108 Å². The highest BCUT2D eigenvalue weighted by molar-refractivity contribution is 6.31. The summed E-state index contributed by atoms with van der Waals surface area (Å²) >= 11 is 6.19. The van der Waals surface area contributed by atoms with Crippen LogP contribution in [-0.4, -0.2) is 78.1 Å². The second-order valence-electron chi connectivity index (χ2n) is 12.3. The Morgan fingerprint density at radius 1 is 0.902 bits per heavy atom. The number of amides is 1. The van der Waals surface area contributed by atoms with Crippen molar-refractivity contribution in [3.63, 3.8) is 0 Å². The first-order valence-electron chi connectivity index (χ1n) is 15.2. The van der Waals surface area contributed by atoms with Crippen LogP contribution in [0.5, 0.6) is 5.75 Å². The molecule has 4 saturated heterocycles. The first-order valence-corrected chi connectivity index (χ1v) is 15.6. The van der Waals surface area contributed by atoms with E-state index in [9.17, 15) is 4.79 Å². The molecule has 1 unspecified atom stereocenters. The molecule has 1 amide bonds. The maximum atomic E-state index is 13.5. The average molecular weight is 571 g/mol. The fourth-order valence-electron chi connectivity index (χ4n) is 7.21. The molecule has 3 atom stereocenters. The maximum absolute atomic E-state index is 13.5. The van der Waals surface area contributed by atoms with Crippen LogP contribution in [0, 0.1) is 29.1 Å². The quantitative estimate of drug-likeness (QED) is 0.449. The van der Waals surface area contributed by atoms with Crippen molar-refractivity contribution in [3.8, 4) is 23.7 Å². The molecule has 0 spiro atoms. The molecule has 2 bridgehead atoms. The van der Waals surface area contributed by atoms with Crippen molar-refractivity contribution < 1.29 is 9.53 Å². The molecule has 6 rings (SSSR count). The zero-order valence-electron chi connectivity index (χ0n) is 23.9. The Morgan fingerprint density at radius 3 is 2.22 bits per heavy atom. The minimum Gasteiger partial charge on any atom is -0.490 e. The number of nitriles is 1. The van der Waals surface area contributed by atoms with Crippen LogP contribution in [0.2, 0.25) is 5.02 Å². The number of fused-ring (bicyclic) bond motifs is 2. The minimum atomic E-state index is 0.0365. The molecule has 7 heteroatoms. The largest absolute Gasteiger partial charge is 0.490 e. The predicted octanol–water partition coefficient (Wildman–Crippen LogP) is 5.58. The fraction of sp³-hybridized carbons (Fsp3) is 0.529. The Kier molecular flexibility index (Phi) is 8.54. The van der Waals surface area contributed by atoms with E-state index in [1.807, 2.05) is 24.3 Å². The zero-order chi connectivity index (χ0) is 28.3. The molecule has 41 heavy (non-hydrogen) atoms. The van der Waals surface area contributed by atoms with Crippen molar-refractivity contribution in [1.29, 1.82) is 5.26 Å². The molecule has 2 aromatic carbocycles. The molecule has 0 N–H and O–H groups in total. The van der Waals surface area contributed by atoms with Gasteiger partial charge in [-0.1, -0.05) is 23.4 Å². The molecule has 4 fully saturated rings. The summed E-state index contributed by atoms with van der Waals surface area (Å²) in [6.45, 7) is 4.75. The Labute approximate surface area is 249 Å². The summed E-state index contributed by atoms with van der Waals surface area (Å²) in [6, 6.07) is 16.3. The van der Waals surface area contributed by atoms with Gasteiger partial charge in [0.2, 0.25) is 0 Å². The molecule has 0 aromatic heterocycles. The third kappa shape index (κ3) is 6.41.